The van der Waals surface area contributed by atoms with E-state index in [1.807, 2.05) is 0 Å². The minimum Gasteiger partial charge on any atom is -0.480 e. The molecule has 0 fully saturated rings. The lowest BCUT2D eigenvalue weighted by Gasteiger charge is -2.26. The van der Waals surface area contributed by atoms with Crippen molar-refractivity contribution in [1.82, 2.24) is 16.0 Å². The Hall–Kier alpha value is -2.69. The van der Waals surface area contributed by atoms with Gasteiger partial charge in [-0.15, -0.1) is 0 Å². The monoisotopic (exact) mass is 359 g/mol. The molecule has 0 saturated heterocycles. The van der Waals surface area contributed by atoms with E-state index in [1.54, 1.807) is 13.8 Å². The summed E-state index contributed by atoms with van der Waals surface area (Å²) in [6.07, 6.45) is 0.0443. The number of aliphatic carboxylic acids is 1. The second-order valence-electron chi connectivity index (χ2n) is 5.48. The highest BCUT2D eigenvalue weighted by molar-refractivity contribution is 5.95. The van der Waals surface area contributed by atoms with Crippen LogP contribution in [0.3, 0.4) is 0 Å². The molecule has 0 aromatic rings. The molecular weight excluding hydrogens is 334 g/mol. The van der Waals surface area contributed by atoms with Gasteiger partial charge in [-0.05, 0) is 5.92 Å². The van der Waals surface area contributed by atoms with Crippen LogP contribution < -0.4 is 27.4 Å². The van der Waals surface area contributed by atoms with Gasteiger partial charge in [0.25, 0.3) is 0 Å². The van der Waals surface area contributed by atoms with Crippen LogP contribution in [-0.2, 0) is 24.0 Å². The zero-order valence-electron chi connectivity index (χ0n) is 14.2. The van der Waals surface area contributed by atoms with E-state index in [9.17, 15) is 24.0 Å². The predicted octanol–water partition coefficient (Wildman–Crippen LogP) is -2.96. The number of nitrogens with two attached hydrogens (primary N) is 2. The van der Waals surface area contributed by atoms with Crippen molar-refractivity contribution in [1.29, 1.82) is 0 Å². The first-order chi connectivity index (χ1) is 11.6. The molecule has 3 unspecified atom stereocenters. The van der Waals surface area contributed by atoms with Crippen LogP contribution in [-0.4, -0.2) is 59.9 Å². The SMILES string of the molecule is CCC(C)C(NC(=O)C(CC(N)=O)NC(=O)CN)C(=O)NCC(=O)O. The van der Waals surface area contributed by atoms with Gasteiger partial charge < -0.3 is 32.5 Å². The number of hydrogen-bond donors (Lipinski definition) is 6. The lowest BCUT2D eigenvalue weighted by atomic mass is 9.97. The van der Waals surface area contributed by atoms with Crippen LogP contribution in [0.1, 0.15) is 26.7 Å². The smallest absolute Gasteiger partial charge is 0.322 e. The zero-order valence-corrected chi connectivity index (χ0v) is 14.2. The van der Waals surface area contributed by atoms with Crippen LogP contribution >= 0.6 is 0 Å². The second kappa shape index (κ2) is 11.0. The molecule has 8 N–H and O–H groups in total. The van der Waals surface area contributed by atoms with Gasteiger partial charge in [-0.1, -0.05) is 20.3 Å². The van der Waals surface area contributed by atoms with Gasteiger partial charge in [0.2, 0.25) is 23.6 Å². The molecule has 4 amide bonds. The number of hydrogen-bond acceptors (Lipinski definition) is 6. The molecule has 0 saturated carbocycles. The lowest BCUT2D eigenvalue weighted by Crippen LogP contribution is -2.57. The fourth-order valence-corrected chi connectivity index (χ4v) is 1.89. The normalized spacial score (nSPS) is 13.9. The van der Waals surface area contributed by atoms with Gasteiger partial charge in [0, 0.05) is 0 Å². The van der Waals surface area contributed by atoms with Gasteiger partial charge in [-0.25, -0.2) is 0 Å². The first kappa shape index (κ1) is 22.3. The molecule has 0 aromatic carbocycles. The second-order valence-corrected chi connectivity index (χ2v) is 5.48. The molecule has 0 aromatic heterocycles. The van der Waals surface area contributed by atoms with Gasteiger partial charge in [-0.3, -0.25) is 24.0 Å². The Kier molecular flexibility index (Phi) is 9.79. The number of carboxylic acids is 1. The maximum atomic E-state index is 12.3. The maximum absolute atomic E-state index is 12.3. The molecule has 11 nitrogen and oxygen atoms in total. The number of rotatable bonds is 11. The number of carboxylic acid groups (broad SMARTS) is 1. The van der Waals surface area contributed by atoms with E-state index >= 15 is 0 Å². The third-order valence-electron chi connectivity index (χ3n) is 3.45. The summed E-state index contributed by atoms with van der Waals surface area (Å²) in [6, 6.07) is -2.32. The third-order valence-corrected chi connectivity index (χ3v) is 3.45. The molecule has 0 radical (unpaired) electrons. The molecule has 3 atom stereocenters. The first-order valence-electron chi connectivity index (χ1n) is 7.69. The Morgan fingerprint density at radius 3 is 2.12 bits per heavy atom. The molecule has 0 rings (SSSR count). The molecule has 0 heterocycles. The van der Waals surface area contributed by atoms with Gasteiger partial charge in [0.05, 0.1) is 13.0 Å². The number of amides is 4. The molecule has 0 bridgehead atoms. The van der Waals surface area contributed by atoms with Crippen molar-refractivity contribution in [3.8, 4) is 0 Å². The standard InChI is InChI=1S/C14H25N5O6/c1-3-7(2)12(14(25)17-6-11(22)23)19-13(24)8(4-9(16)20)18-10(21)5-15/h7-8,12H,3-6,15H2,1-2H3,(H2,16,20)(H,17,25)(H,18,21)(H,19,24)(H,22,23). The van der Waals surface area contributed by atoms with Crippen LogP contribution in [0.2, 0.25) is 0 Å². The highest BCUT2D eigenvalue weighted by Crippen LogP contribution is 2.09. The summed E-state index contributed by atoms with van der Waals surface area (Å²) >= 11 is 0. The summed E-state index contributed by atoms with van der Waals surface area (Å²) in [5.74, 6) is -4.53. The first-order valence-corrected chi connectivity index (χ1v) is 7.69. The Bertz CT molecular complexity index is 524. The Morgan fingerprint density at radius 2 is 1.68 bits per heavy atom. The molecule has 25 heavy (non-hydrogen) atoms. The van der Waals surface area contributed by atoms with Crippen molar-refractivity contribution < 1.29 is 29.1 Å². The van der Waals surface area contributed by atoms with E-state index in [2.05, 4.69) is 16.0 Å². The topological polar surface area (TPSA) is 194 Å². The zero-order chi connectivity index (χ0) is 19.6. The minimum atomic E-state index is -1.28. The highest BCUT2D eigenvalue weighted by atomic mass is 16.4. The predicted molar refractivity (Wildman–Crippen MR) is 86.8 cm³/mol. The number of nitrogens with one attached hydrogen (secondary N) is 3. The summed E-state index contributed by atoms with van der Waals surface area (Å²) < 4.78 is 0. The van der Waals surface area contributed by atoms with Gasteiger partial charge >= 0.3 is 5.97 Å². The fourth-order valence-electron chi connectivity index (χ4n) is 1.89. The fraction of sp³-hybridized carbons (Fsp3) is 0.643. The number of carbonyl (C=O) groups excluding carboxylic acids is 4. The number of primary amides is 1. The average molecular weight is 359 g/mol. The highest BCUT2D eigenvalue weighted by Gasteiger charge is 2.30. The molecular formula is C14H25N5O6. The van der Waals surface area contributed by atoms with E-state index < -0.39 is 61.2 Å². The van der Waals surface area contributed by atoms with Crippen molar-refractivity contribution in [2.45, 2.75) is 38.8 Å². The van der Waals surface area contributed by atoms with Crippen LogP contribution in [0.25, 0.3) is 0 Å². The third kappa shape index (κ3) is 8.65. The quantitative estimate of drug-likeness (QED) is 0.227. The average Bonchev–Trinajstić information content (AvgIpc) is 2.55. The number of carbonyl (C=O) groups is 5. The van der Waals surface area contributed by atoms with Crippen molar-refractivity contribution in [2.24, 2.45) is 17.4 Å². The molecule has 0 aliphatic heterocycles. The summed E-state index contributed by atoms with van der Waals surface area (Å²) in [6.45, 7) is 2.48. The molecule has 142 valence electrons. The van der Waals surface area contributed by atoms with E-state index in [4.69, 9.17) is 16.6 Å². The van der Waals surface area contributed by atoms with E-state index in [1.165, 1.54) is 0 Å². The molecule has 0 aliphatic carbocycles. The van der Waals surface area contributed by atoms with Crippen molar-refractivity contribution >= 4 is 29.6 Å². The summed E-state index contributed by atoms with van der Waals surface area (Å²) in [4.78, 5) is 57.5. The summed E-state index contributed by atoms with van der Waals surface area (Å²) in [7, 11) is 0. The maximum Gasteiger partial charge on any atom is 0.322 e. The minimum absolute atomic E-state index is 0.322. The molecule has 0 spiro atoms. The van der Waals surface area contributed by atoms with E-state index in [-0.39, 0.29) is 5.92 Å². The Balaban J connectivity index is 5.16. The lowest BCUT2D eigenvalue weighted by molar-refractivity contribution is -0.139. The van der Waals surface area contributed by atoms with E-state index in [0.29, 0.717) is 6.42 Å². The van der Waals surface area contributed by atoms with Crippen molar-refractivity contribution in [3.63, 3.8) is 0 Å². The van der Waals surface area contributed by atoms with Gasteiger partial charge in [0.15, 0.2) is 0 Å². The van der Waals surface area contributed by atoms with Crippen LogP contribution in [0.4, 0.5) is 0 Å². The van der Waals surface area contributed by atoms with E-state index in [0.717, 1.165) is 0 Å². The summed E-state index contributed by atoms with van der Waals surface area (Å²) in [5.41, 5.74) is 10.2. The van der Waals surface area contributed by atoms with Gasteiger partial charge in [-0.2, -0.15) is 0 Å². The van der Waals surface area contributed by atoms with Crippen molar-refractivity contribution in [3.05, 3.63) is 0 Å². The summed E-state index contributed by atoms with van der Waals surface area (Å²) in [5, 5.41) is 15.5. The van der Waals surface area contributed by atoms with Crippen LogP contribution in [0.15, 0.2) is 0 Å². The van der Waals surface area contributed by atoms with Crippen LogP contribution in [0, 0.1) is 5.92 Å². The van der Waals surface area contributed by atoms with Gasteiger partial charge in [0.1, 0.15) is 18.6 Å². The molecule has 0 aliphatic rings. The Morgan fingerprint density at radius 1 is 1.08 bits per heavy atom. The molecule has 11 heteroatoms. The Labute approximate surface area is 144 Å². The van der Waals surface area contributed by atoms with Crippen molar-refractivity contribution in [2.75, 3.05) is 13.1 Å². The largest absolute Gasteiger partial charge is 0.480 e. The van der Waals surface area contributed by atoms with Crippen LogP contribution in [0.5, 0.6) is 0 Å².